The largest absolute Gasteiger partial charge is 0.494 e. The van der Waals surface area contributed by atoms with E-state index in [4.69, 9.17) is 33.8 Å². The van der Waals surface area contributed by atoms with Gasteiger partial charge in [0.2, 0.25) is 0 Å². The van der Waals surface area contributed by atoms with Crippen LogP contribution in [0.5, 0.6) is 17.2 Å². The first-order chi connectivity index (χ1) is 25.3. The minimum atomic E-state index is -0.564. The van der Waals surface area contributed by atoms with Crippen LogP contribution < -0.4 is 14.2 Å². The lowest BCUT2D eigenvalue weighted by Gasteiger charge is -2.11. The average Bonchev–Trinajstić information content (AvgIpc) is 3.17. The summed E-state index contributed by atoms with van der Waals surface area (Å²) in [7, 11) is 0. The molecule has 0 heterocycles. The summed E-state index contributed by atoms with van der Waals surface area (Å²) in [5.74, 6) is -0.307. The molecule has 11 heteroatoms. The SMILES string of the molecule is C=CC(=O)OCCCCCCOc1ccc(C(=O)OCCc2ccc(OC(=O)c3ccc(OCCCCCCOC(=O)C=C)cc3)c(C=N)c2)cc1. The van der Waals surface area contributed by atoms with Crippen LogP contribution in [0.4, 0.5) is 0 Å². The van der Waals surface area contributed by atoms with Crippen molar-refractivity contribution in [2.75, 3.05) is 33.0 Å². The van der Waals surface area contributed by atoms with Crippen LogP contribution in [0, 0.1) is 5.41 Å². The van der Waals surface area contributed by atoms with Crippen LogP contribution in [-0.4, -0.2) is 63.1 Å². The highest BCUT2D eigenvalue weighted by atomic mass is 16.5. The third-order valence-corrected chi connectivity index (χ3v) is 7.67. The number of hydrogen-bond acceptors (Lipinski definition) is 11. The lowest BCUT2D eigenvalue weighted by Crippen LogP contribution is -2.11. The Morgan fingerprint density at radius 3 is 1.52 bits per heavy atom. The second kappa shape index (κ2) is 23.7. The highest BCUT2D eigenvalue weighted by Crippen LogP contribution is 2.22. The molecule has 0 spiro atoms. The van der Waals surface area contributed by atoms with Gasteiger partial charge < -0.3 is 33.8 Å². The fourth-order valence-corrected chi connectivity index (χ4v) is 4.80. The summed E-state index contributed by atoms with van der Waals surface area (Å²) in [5.41, 5.74) is 1.97. The topological polar surface area (TPSA) is 148 Å². The zero-order valence-electron chi connectivity index (χ0n) is 29.5. The molecule has 0 atom stereocenters. The van der Waals surface area contributed by atoms with Gasteiger partial charge in [-0.05, 0) is 118 Å². The molecule has 0 bridgehead atoms. The molecule has 0 saturated heterocycles. The Balaban J connectivity index is 1.34. The second-order valence-corrected chi connectivity index (χ2v) is 11.6. The molecule has 0 aromatic heterocycles. The van der Waals surface area contributed by atoms with Crippen molar-refractivity contribution in [3.8, 4) is 17.2 Å². The second-order valence-electron chi connectivity index (χ2n) is 11.6. The van der Waals surface area contributed by atoms with Crippen LogP contribution in [-0.2, 0) is 30.2 Å². The van der Waals surface area contributed by atoms with Gasteiger partial charge in [-0.1, -0.05) is 19.2 Å². The number of rotatable bonds is 25. The Morgan fingerprint density at radius 2 is 1.04 bits per heavy atom. The normalized spacial score (nSPS) is 10.4. The van der Waals surface area contributed by atoms with E-state index in [1.165, 1.54) is 0 Å². The molecule has 0 aliphatic rings. The van der Waals surface area contributed by atoms with Crippen molar-refractivity contribution < 1.29 is 47.6 Å². The number of ether oxygens (including phenoxy) is 6. The van der Waals surface area contributed by atoms with Gasteiger partial charge in [0.05, 0.1) is 44.2 Å². The summed E-state index contributed by atoms with van der Waals surface area (Å²) >= 11 is 0. The molecule has 0 unspecified atom stereocenters. The van der Waals surface area contributed by atoms with E-state index in [0.717, 1.165) is 75.3 Å². The molecule has 0 aliphatic carbocycles. The zero-order chi connectivity index (χ0) is 37.4. The Hall–Kier alpha value is -5.71. The molecule has 52 heavy (non-hydrogen) atoms. The van der Waals surface area contributed by atoms with Gasteiger partial charge in [-0.2, -0.15) is 0 Å². The minimum absolute atomic E-state index is 0.127. The number of benzene rings is 3. The van der Waals surface area contributed by atoms with Crippen LogP contribution in [0.25, 0.3) is 0 Å². The van der Waals surface area contributed by atoms with Gasteiger partial charge >= 0.3 is 23.9 Å². The molecule has 3 rings (SSSR count). The highest BCUT2D eigenvalue weighted by molar-refractivity contribution is 5.93. The third kappa shape index (κ3) is 15.5. The fourth-order valence-electron chi connectivity index (χ4n) is 4.80. The van der Waals surface area contributed by atoms with Gasteiger partial charge in [0.1, 0.15) is 17.2 Å². The number of unbranched alkanes of at least 4 members (excludes halogenated alkanes) is 6. The van der Waals surface area contributed by atoms with Crippen molar-refractivity contribution in [2.24, 2.45) is 0 Å². The summed E-state index contributed by atoms with van der Waals surface area (Å²) < 4.78 is 32.4. The monoisotopic (exact) mass is 713 g/mol. The van der Waals surface area contributed by atoms with Crippen molar-refractivity contribution in [2.45, 2.75) is 57.8 Å². The fraction of sp³-hybridized carbons (Fsp3) is 0.341. The van der Waals surface area contributed by atoms with Gasteiger partial charge in [-0.25, -0.2) is 19.2 Å². The summed E-state index contributed by atoms with van der Waals surface area (Å²) in [6, 6.07) is 18.5. The maximum absolute atomic E-state index is 12.8. The van der Waals surface area contributed by atoms with Gasteiger partial charge in [-0.3, -0.25) is 0 Å². The Bertz CT molecular complexity index is 1620. The quantitative estimate of drug-likeness (QED) is 0.0232. The lowest BCUT2D eigenvalue weighted by molar-refractivity contribution is -0.138. The van der Waals surface area contributed by atoms with Crippen molar-refractivity contribution >= 4 is 30.1 Å². The third-order valence-electron chi connectivity index (χ3n) is 7.67. The van der Waals surface area contributed by atoms with E-state index in [1.807, 2.05) is 0 Å². The summed E-state index contributed by atoms with van der Waals surface area (Å²) in [4.78, 5) is 47.4. The minimum Gasteiger partial charge on any atom is -0.494 e. The molecule has 0 amide bonds. The van der Waals surface area contributed by atoms with Crippen molar-refractivity contribution in [3.05, 3.63) is 114 Å². The number of carbonyl (C=O) groups excluding carboxylic acids is 4. The van der Waals surface area contributed by atoms with Gasteiger partial charge in [0.25, 0.3) is 0 Å². The number of esters is 4. The van der Waals surface area contributed by atoms with Crippen LogP contribution >= 0.6 is 0 Å². The highest BCUT2D eigenvalue weighted by Gasteiger charge is 2.13. The first kappa shape index (κ1) is 40.7. The van der Waals surface area contributed by atoms with Crippen LogP contribution in [0.1, 0.15) is 83.2 Å². The van der Waals surface area contributed by atoms with E-state index >= 15 is 0 Å². The standard InChI is InChI=1S/C41H47NO10/c1-3-38(43)49-26-11-7-5-9-24-47-35-18-14-32(15-19-35)40(45)51-28-23-31-13-22-37(34(29-31)30-42)52-41(46)33-16-20-36(21-17-33)48-25-10-6-8-12-27-50-39(44)4-2/h3-4,13-22,29-30,42H,1-2,5-12,23-28H2. The van der Waals surface area contributed by atoms with E-state index in [1.54, 1.807) is 66.7 Å². The van der Waals surface area contributed by atoms with Crippen molar-refractivity contribution in [3.63, 3.8) is 0 Å². The van der Waals surface area contributed by atoms with E-state index in [-0.39, 0.29) is 12.4 Å². The molecule has 0 radical (unpaired) electrons. The van der Waals surface area contributed by atoms with Crippen LogP contribution in [0.15, 0.2) is 92.0 Å². The van der Waals surface area contributed by atoms with Gasteiger partial charge in [0, 0.05) is 30.4 Å². The van der Waals surface area contributed by atoms with E-state index < -0.39 is 23.9 Å². The lowest BCUT2D eigenvalue weighted by atomic mass is 10.1. The first-order valence-corrected chi connectivity index (χ1v) is 17.4. The summed E-state index contributed by atoms with van der Waals surface area (Å²) in [5, 5.41) is 7.82. The molecule has 0 saturated carbocycles. The number of hydrogen-bond donors (Lipinski definition) is 1. The molecule has 0 aliphatic heterocycles. The van der Waals surface area contributed by atoms with E-state index in [9.17, 15) is 19.2 Å². The van der Waals surface area contributed by atoms with E-state index in [2.05, 4.69) is 13.2 Å². The Kier molecular flexibility index (Phi) is 18.5. The Morgan fingerprint density at radius 1 is 0.558 bits per heavy atom. The maximum Gasteiger partial charge on any atom is 0.343 e. The van der Waals surface area contributed by atoms with Crippen molar-refractivity contribution in [1.29, 1.82) is 5.41 Å². The van der Waals surface area contributed by atoms with Crippen LogP contribution in [0.3, 0.4) is 0 Å². The summed E-state index contributed by atoms with van der Waals surface area (Å²) in [6.45, 7) is 8.68. The Labute approximate surface area is 305 Å². The van der Waals surface area contributed by atoms with Gasteiger partial charge in [-0.15, -0.1) is 0 Å². The number of carbonyl (C=O) groups is 4. The molecule has 0 fully saturated rings. The zero-order valence-corrected chi connectivity index (χ0v) is 29.5. The van der Waals surface area contributed by atoms with Crippen molar-refractivity contribution in [1.82, 2.24) is 0 Å². The number of nitrogens with one attached hydrogen (secondary N) is 1. The average molecular weight is 714 g/mol. The predicted molar refractivity (Wildman–Crippen MR) is 196 cm³/mol. The molecule has 3 aromatic carbocycles. The molecule has 11 nitrogen and oxygen atoms in total. The summed E-state index contributed by atoms with van der Waals surface area (Å²) in [6.07, 6.45) is 10.8. The first-order valence-electron chi connectivity index (χ1n) is 17.4. The molecular weight excluding hydrogens is 666 g/mol. The van der Waals surface area contributed by atoms with Gasteiger partial charge in [0.15, 0.2) is 0 Å². The van der Waals surface area contributed by atoms with Crippen LogP contribution in [0.2, 0.25) is 0 Å². The molecule has 3 aromatic rings. The molecule has 276 valence electrons. The molecule has 1 N–H and O–H groups in total. The maximum atomic E-state index is 12.8. The predicted octanol–water partition coefficient (Wildman–Crippen LogP) is 7.64. The molecular formula is C41H47NO10. The smallest absolute Gasteiger partial charge is 0.343 e. The van der Waals surface area contributed by atoms with E-state index in [0.29, 0.717) is 61.0 Å².